The van der Waals surface area contributed by atoms with Crippen LogP contribution in [0.5, 0.6) is 5.75 Å². The number of aromatic nitrogens is 1. The second-order valence-corrected chi connectivity index (χ2v) is 5.11. The highest BCUT2D eigenvalue weighted by molar-refractivity contribution is 7.18. The van der Waals surface area contributed by atoms with Crippen molar-refractivity contribution in [1.82, 2.24) is 4.98 Å². The minimum atomic E-state index is -0.618. The van der Waals surface area contributed by atoms with Crippen LogP contribution in [0, 0.1) is 6.92 Å². The molecular formula is C14H14N2O4S. The molecule has 0 unspecified atom stereocenters. The molecule has 21 heavy (non-hydrogen) atoms. The molecule has 2 rings (SSSR count). The van der Waals surface area contributed by atoms with Crippen molar-refractivity contribution in [2.24, 2.45) is 0 Å². The Bertz CT molecular complexity index is 664. The van der Waals surface area contributed by atoms with Crippen LogP contribution in [0.15, 0.2) is 24.3 Å². The first-order valence-corrected chi connectivity index (χ1v) is 6.88. The molecule has 0 saturated heterocycles. The molecule has 2 aromatic rings. The van der Waals surface area contributed by atoms with Gasteiger partial charge in [-0.2, -0.15) is 0 Å². The predicted octanol–water partition coefficient (Wildman–Crippen LogP) is 2.87. The molecule has 0 saturated carbocycles. The van der Waals surface area contributed by atoms with E-state index in [1.807, 2.05) is 0 Å². The zero-order valence-electron chi connectivity index (χ0n) is 11.8. The number of hydrogen-bond donors (Lipinski definition) is 1. The third-order valence-corrected chi connectivity index (χ3v) is 3.82. The van der Waals surface area contributed by atoms with Crippen molar-refractivity contribution in [1.29, 1.82) is 0 Å². The maximum atomic E-state index is 12.4. The summed E-state index contributed by atoms with van der Waals surface area (Å²) in [6.45, 7) is 1.72. The van der Waals surface area contributed by atoms with E-state index in [2.05, 4.69) is 15.0 Å². The number of amides is 1. The van der Waals surface area contributed by atoms with Gasteiger partial charge in [0.1, 0.15) is 5.75 Å². The fraction of sp³-hybridized carbons (Fsp3) is 0.214. The number of thiazole rings is 1. The second kappa shape index (κ2) is 6.36. The van der Waals surface area contributed by atoms with Crippen LogP contribution in [0.3, 0.4) is 0 Å². The fourth-order valence-corrected chi connectivity index (χ4v) is 2.59. The molecule has 1 N–H and O–H groups in total. The first-order valence-electron chi connectivity index (χ1n) is 6.06. The summed E-state index contributed by atoms with van der Waals surface area (Å²) >= 11 is 1.11. The molecule has 1 aromatic heterocycles. The predicted molar refractivity (Wildman–Crippen MR) is 79.3 cm³/mol. The number of aryl methyl sites for hydroxylation is 1. The van der Waals surface area contributed by atoms with E-state index in [1.54, 1.807) is 38.3 Å². The standard InChI is InChI=1S/C14H14N2O4S/c1-8-12(21-13(15-8)16-14(18)20-3)11(17)9-4-6-10(19-2)7-5-9/h4-7H,1-3H3,(H,15,16,18). The molecule has 0 spiro atoms. The average molecular weight is 306 g/mol. The van der Waals surface area contributed by atoms with E-state index in [1.165, 1.54) is 7.11 Å². The van der Waals surface area contributed by atoms with Gasteiger partial charge in [-0.25, -0.2) is 9.78 Å². The van der Waals surface area contributed by atoms with Crippen molar-refractivity contribution >= 4 is 28.3 Å². The lowest BCUT2D eigenvalue weighted by Crippen LogP contribution is -2.10. The summed E-state index contributed by atoms with van der Waals surface area (Å²) in [5.41, 5.74) is 1.10. The zero-order chi connectivity index (χ0) is 15.4. The monoisotopic (exact) mass is 306 g/mol. The van der Waals surface area contributed by atoms with Crippen LogP contribution >= 0.6 is 11.3 Å². The van der Waals surface area contributed by atoms with E-state index in [0.29, 0.717) is 27.0 Å². The SMILES string of the molecule is COC(=O)Nc1nc(C)c(C(=O)c2ccc(OC)cc2)s1. The van der Waals surface area contributed by atoms with Crippen LogP contribution < -0.4 is 10.1 Å². The average Bonchev–Trinajstić information content (AvgIpc) is 2.87. The lowest BCUT2D eigenvalue weighted by molar-refractivity contribution is 0.104. The molecule has 0 aliphatic rings. The number of carbonyl (C=O) groups is 2. The summed E-state index contributed by atoms with van der Waals surface area (Å²) in [4.78, 5) is 28.2. The highest BCUT2D eigenvalue weighted by atomic mass is 32.1. The Hall–Kier alpha value is -2.41. The number of carbonyl (C=O) groups excluding carboxylic acids is 2. The molecular weight excluding hydrogens is 292 g/mol. The van der Waals surface area contributed by atoms with Gasteiger partial charge in [-0.3, -0.25) is 10.1 Å². The summed E-state index contributed by atoms with van der Waals surface area (Å²) in [5.74, 6) is 0.534. The van der Waals surface area contributed by atoms with E-state index in [4.69, 9.17) is 4.74 Å². The number of anilines is 1. The molecule has 1 aromatic carbocycles. The second-order valence-electron chi connectivity index (χ2n) is 4.11. The molecule has 6 nitrogen and oxygen atoms in total. The molecule has 1 heterocycles. The van der Waals surface area contributed by atoms with Crippen molar-refractivity contribution in [3.05, 3.63) is 40.4 Å². The lowest BCUT2D eigenvalue weighted by atomic mass is 10.1. The maximum absolute atomic E-state index is 12.4. The molecule has 0 bridgehead atoms. The van der Waals surface area contributed by atoms with Gasteiger partial charge in [0.2, 0.25) is 5.78 Å². The number of nitrogens with zero attached hydrogens (tertiary/aromatic N) is 1. The van der Waals surface area contributed by atoms with Crippen LogP contribution in [-0.2, 0) is 4.74 Å². The number of benzene rings is 1. The smallest absolute Gasteiger partial charge is 0.413 e. The third-order valence-electron chi connectivity index (χ3n) is 2.75. The number of methoxy groups -OCH3 is 2. The zero-order valence-corrected chi connectivity index (χ0v) is 12.6. The maximum Gasteiger partial charge on any atom is 0.413 e. The van der Waals surface area contributed by atoms with Gasteiger partial charge in [-0.15, -0.1) is 0 Å². The normalized spacial score (nSPS) is 10.0. The Kier molecular flexibility index (Phi) is 4.54. The Labute approximate surface area is 125 Å². The lowest BCUT2D eigenvalue weighted by Gasteiger charge is -2.01. The summed E-state index contributed by atoms with van der Waals surface area (Å²) in [6.07, 6.45) is -0.618. The summed E-state index contributed by atoms with van der Waals surface area (Å²) in [5, 5.41) is 2.78. The van der Waals surface area contributed by atoms with E-state index in [9.17, 15) is 9.59 Å². The Morgan fingerprint density at radius 3 is 2.43 bits per heavy atom. The van der Waals surface area contributed by atoms with E-state index < -0.39 is 6.09 Å². The van der Waals surface area contributed by atoms with Crippen molar-refractivity contribution in [3.8, 4) is 5.75 Å². The molecule has 0 atom stereocenters. The summed E-state index contributed by atoms with van der Waals surface area (Å²) < 4.78 is 9.55. The van der Waals surface area contributed by atoms with Crippen molar-refractivity contribution in [2.45, 2.75) is 6.92 Å². The number of ether oxygens (including phenoxy) is 2. The van der Waals surface area contributed by atoms with E-state index >= 15 is 0 Å². The van der Waals surface area contributed by atoms with Crippen LogP contribution in [0.1, 0.15) is 20.9 Å². The molecule has 1 amide bonds. The molecule has 0 aliphatic carbocycles. The number of ketones is 1. The molecule has 0 radical (unpaired) electrons. The van der Waals surface area contributed by atoms with Crippen LogP contribution in [0.25, 0.3) is 0 Å². The molecule has 110 valence electrons. The van der Waals surface area contributed by atoms with Gasteiger partial charge in [-0.1, -0.05) is 11.3 Å². The van der Waals surface area contributed by atoms with Gasteiger partial charge in [0.05, 0.1) is 24.8 Å². The van der Waals surface area contributed by atoms with Crippen LogP contribution in [0.2, 0.25) is 0 Å². The quantitative estimate of drug-likeness (QED) is 0.879. The largest absolute Gasteiger partial charge is 0.497 e. The highest BCUT2D eigenvalue weighted by Gasteiger charge is 2.18. The van der Waals surface area contributed by atoms with Crippen molar-refractivity contribution in [2.75, 3.05) is 19.5 Å². The van der Waals surface area contributed by atoms with Gasteiger partial charge in [0, 0.05) is 5.56 Å². The Balaban J connectivity index is 2.24. The minimum Gasteiger partial charge on any atom is -0.497 e. The molecule has 0 fully saturated rings. The van der Waals surface area contributed by atoms with Crippen LogP contribution in [-0.4, -0.2) is 31.1 Å². The van der Waals surface area contributed by atoms with Crippen molar-refractivity contribution in [3.63, 3.8) is 0 Å². The van der Waals surface area contributed by atoms with Crippen molar-refractivity contribution < 1.29 is 19.1 Å². The first kappa shape index (κ1) is 15.0. The minimum absolute atomic E-state index is 0.148. The third kappa shape index (κ3) is 3.38. The van der Waals surface area contributed by atoms with E-state index in [-0.39, 0.29) is 5.78 Å². The Morgan fingerprint density at radius 2 is 1.86 bits per heavy atom. The van der Waals surface area contributed by atoms with Gasteiger partial charge in [-0.05, 0) is 31.2 Å². The summed E-state index contributed by atoms with van der Waals surface area (Å²) in [7, 11) is 2.83. The fourth-order valence-electron chi connectivity index (χ4n) is 1.67. The van der Waals surface area contributed by atoms with Gasteiger partial charge >= 0.3 is 6.09 Å². The van der Waals surface area contributed by atoms with E-state index in [0.717, 1.165) is 11.3 Å². The van der Waals surface area contributed by atoms with Crippen LogP contribution in [0.4, 0.5) is 9.93 Å². The highest BCUT2D eigenvalue weighted by Crippen LogP contribution is 2.26. The molecule has 0 aliphatic heterocycles. The number of rotatable bonds is 4. The van der Waals surface area contributed by atoms with Gasteiger partial charge in [0.15, 0.2) is 5.13 Å². The number of hydrogen-bond acceptors (Lipinski definition) is 6. The number of nitrogens with one attached hydrogen (secondary N) is 1. The summed E-state index contributed by atoms with van der Waals surface area (Å²) in [6, 6.07) is 6.82. The van der Waals surface area contributed by atoms with Gasteiger partial charge in [0.25, 0.3) is 0 Å². The van der Waals surface area contributed by atoms with Gasteiger partial charge < -0.3 is 9.47 Å². The first-order chi connectivity index (χ1) is 10.0. The topological polar surface area (TPSA) is 77.5 Å². The Morgan fingerprint density at radius 1 is 1.19 bits per heavy atom. The molecule has 7 heteroatoms.